The van der Waals surface area contributed by atoms with Crippen molar-refractivity contribution < 1.29 is 14.4 Å². The van der Waals surface area contributed by atoms with Crippen LogP contribution in [0.3, 0.4) is 0 Å². The fourth-order valence-electron chi connectivity index (χ4n) is 3.16. The molecule has 0 aromatic heterocycles. The summed E-state index contributed by atoms with van der Waals surface area (Å²) in [6.07, 6.45) is 0. The molecule has 0 atom stereocenters. The summed E-state index contributed by atoms with van der Waals surface area (Å²) in [6.45, 7) is 3.83. The first-order chi connectivity index (χ1) is 15.8. The Bertz CT molecular complexity index is 1110. The number of benzene rings is 3. The lowest BCUT2D eigenvalue weighted by atomic mass is 10.1. The summed E-state index contributed by atoms with van der Waals surface area (Å²) in [5, 5.41) is 8.66. The van der Waals surface area contributed by atoms with Gasteiger partial charge in [0.05, 0.1) is 6.54 Å². The molecule has 0 saturated carbocycles. The highest BCUT2D eigenvalue weighted by atomic mass is 16.2. The van der Waals surface area contributed by atoms with Crippen molar-refractivity contribution in [3.8, 4) is 0 Å². The van der Waals surface area contributed by atoms with Gasteiger partial charge in [-0.15, -0.1) is 0 Å². The molecular formula is C26H28N4O3. The van der Waals surface area contributed by atoms with E-state index < -0.39 is 0 Å². The third kappa shape index (κ3) is 6.67. The van der Waals surface area contributed by atoms with E-state index in [0.717, 1.165) is 5.69 Å². The molecule has 0 aliphatic carbocycles. The van der Waals surface area contributed by atoms with Gasteiger partial charge in [0, 0.05) is 41.3 Å². The molecule has 3 aromatic rings. The number of anilines is 3. The Kier molecular flexibility index (Phi) is 7.81. The lowest BCUT2D eigenvalue weighted by Gasteiger charge is -2.17. The number of nitrogens with one attached hydrogen (secondary N) is 3. The Balaban J connectivity index is 1.54. The molecule has 0 unspecified atom stereocenters. The van der Waals surface area contributed by atoms with Crippen LogP contribution in [0.15, 0.2) is 78.9 Å². The molecule has 7 heteroatoms. The summed E-state index contributed by atoms with van der Waals surface area (Å²) in [7, 11) is 1.72. The standard InChI is InChI=1S/C26H28N4O3/c1-18(2)28-25(32)20-8-7-9-22(16-20)27-17-24(31)29-21-14-12-19(13-15-21)26(33)30(3)23-10-5-4-6-11-23/h4-16,18,27H,17H2,1-3H3,(H,28,32)(H,29,31). The van der Waals surface area contributed by atoms with Gasteiger partial charge in [-0.25, -0.2) is 0 Å². The van der Waals surface area contributed by atoms with Gasteiger partial charge in [-0.05, 0) is 68.4 Å². The first kappa shape index (κ1) is 23.5. The monoisotopic (exact) mass is 444 g/mol. The Hall–Kier alpha value is -4.13. The lowest BCUT2D eigenvalue weighted by molar-refractivity contribution is -0.114. The topological polar surface area (TPSA) is 90.5 Å². The highest BCUT2D eigenvalue weighted by Crippen LogP contribution is 2.17. The predicted molar refractivity (Wildman–Crippen MR) is 132 cm³/mol. The quantitative estimate of drug-likeness (QED) is 0.487. The fourth-order valence-corrected chi connectivity index (χ4v) is 3.16. The zero-order valence-electron chi connectivity index (χ0n) is 19.0. The average molecular weight is 445 g/mol. The Morgan fingerprint density at radius 2 is 1.52 bits per heavy atom. The first-order valence-corrected chi connectivity index (χ1v) is 10.7. The zero-order valence-corrected chi connectivity index (χ0v) is 19.0. The van der Waals surface area contributed by atoms with Gasteiger partial charge in [0.15, 0.2) is 0 Å². The highest BCUT2D eigenvalue weighted by Gasteiger charge is 2.13. The second-order valence-electron chi connectivity index (χ2n) is 7.89. The predicted octanol–water partition coefficient (Wildman–Crippen LogP) is 4.15. The maximum absolute atomic E-state index is 12.7. The second kappa shape index (κ2) is 10.9. The number of nitrogens with zero attached hydrogens (tertiary/aromatic N) is 1. The van der Waals surface area contributed by atoms with E-state index in [1.165, 1.54) is 0 Å². The van der Waals surface area contributed by atoms with Crippen molar-refractivity contribution >= 4 is 34.8 Å². The van der Waals surface area contributed by atoms with Gasteiger partial charge in [0.1, 0.15) is 0 Å². The molecule has 0 bridgehead atoms. The van der Waals surface area contributed by atoms with Crippen LogP contribution in [0.4, 0.5) is 17.1 Å². The van der Waals surface area contributed by atoms with E-state index in [1.54, 1.807) is 60.5 Å². The van der Waals surface area contributed by atoms with Gasteiger partial charge in [-0.3, -0.25) is 14.4 Å². The summed E-state index contributed by atoms with van der Waals surface area (Å²) in [5.41, 5.74) is 3.11. The van der Waals surface area contributed by atoms with Crippen molar-refractivity contribution in [2.75, 3.05) is 29.1 Å². The Morgan fingerprint density at radius 1 is 0.818 bits per heavy atom. The molecular weight excluding hydrogens is 416 g/mol. The van der Waals surface area contributed by atoms with Crippen LogP contribution >= 0.6 is 0 Å². The van der Waals surface area contributed by atoms with Gasteiger partial charge in [-0.2, -0.15) is 0 Å². The maximum Gasteiger partial charge on any atom is 0.258 e. The largest absolute Gasteiger partial charge is 0.376 e. The third-order valence-electron chi connectivity index (χ3n) is 4.86. The van der Waals surface area contributed by atoms with Crippen LogP contribution in [0.2, 0.25) is 0 Å². The van der Waals surface area contributed by atoms with Gasteiger partial charge in [0.25, 0.3) is 11.8 Å². The molecule has 0 heterocycles. The molecule has 0 radical (unpaired) electrons. The minimum absolute atomic E-state index is 0.0344. The van der Waals surface area contributed by atoms with Gasteiger partial charge in [0.2, 0.25) is 5.91 Å². The number of carbonyl (C=O) groups is 3. The molecule has 3 rings (SSSR count). The zero-order chi connectivity index (χ0) is 23.8. The molecule has 0 saturated heterocycles. The molecule has 0 aliphatic heterocycles. The van der Waals surface area contributed by atoms with E-state index in [1.807, 2.05) is 44.2 Å². The third-order valence-corrected chi connectivity index (χ3v) is 4.86. The lowest BCUT2D eigenvalue weighted by Crippen LogP contribution is -2.30. The minimum Gasteiger partial charge on any atom is -0.376 e. The number of rotatable bonds is 8. The van der Waals surface area contributed by atoms with Crippen LogP contribution in [0.1, 0.15) is 34.6 Å². The SMILES string of the molecule is CC(C)NC(=O)c1cccc(NCC(=O)Nc2ccc(C(=O)N(C)c3ccccc3)cc2)c1. The molecule has 3 aromatic carbocycles. The molecule has 3 N–H and O–H groups in total. The van der Waals surface area contributed by atoms with Crippen molar-refractivity contribution in [3.05, 3.63) is 90.0 Å². The van der Waals surface area contributed by atoms with E-state index in [9.17, 15) is 14.4 Å². The van der Waals surface area contributed by atoms with Crippen molar-refractivity contribution in [2.24, 2.45) is 0 Å². The van der Waals surface area contributed by atoms with E-state index >= 15 is 0 Å². The summed E-state index contributed by atoms with van der Waals surface area (Å²) in [4.78, 5) is 38.7. The van der Waals surface area contributed by atoms with Gasteiger partial charge in [-0.1, -0.05) is 24.3 Å². The normalized spacial score (nSPS) is 10.4. The Labute approximate surface area is 193 Å². The smallest absolute Gasteiger partial charge is 0.258 e. The van der Waals surface area contributed by atoms with E-state index in [0.29, 0.717) is 22.5 Å². The molecule has 7 nitrogen and oxygen atoms in total. The number of hydrogen-bond acceptors (Lipinski definition) is 4. The van der Waals surface area contributed by atoms with Crippen LogP contribution in [0, 0.1) is 0 Å². The van der Waals surface area contributed by atoms with Crippen LogP contribution < -0.4 is 20.9 Å². The summed E-state index contributed by atoms with van der Waals surface area (Å²) >= 11 is 0. The highest BCUT2D eigenvalue weighted by molar-refractivity contribution is 6.06. The van der Waals surface area contributed by atoms with E-state index in [-0.39, 0.29) is 30.3 Å². The van der Waals surface area contributed by atoms with Crippen LogP contribution in [0.5, 0.6) is 0 Å². The number of carbonyl (C=O) groups excluding carboxylic acids is 3. The Morgan fingerprint density at radius 3 is 2.18 bits per heavy atom. The number of amides is 3. The summed E-state index contributed by atoms with van der Waals surface area (Å²) < 4.78 is 0. The van der Waals surface area contributed by atoms with Crippen molar-refractivity contribution in [1.29, 1.82) is 0 Å². The maximum atomic E-state index is 12.7. The van der Waals surface area contributed by atoms with E-state index in [4.69, 9.17) is 0 Å². The molecule has 170 valence electrons. The van der Waals surface area contributed by atoms with Crippen molar-refractivity contribution in [1.82, 2.24) is 5.32 Å². The van der Waals surface area contributed by atoms with Crippen LogP contribution in [0.25, 0.3) is 0 Å². The summed E-state index contributed by atoms with van der Waals surface area (Å²) in [5.74, 6) is -0.541. The van der Waals surface area contributed by atoms with E-state index in [2.05, 4.69) is 16.0 Å². The molecule has 0 spiro atoms. The minimum atomic E-state index is -0.243. The van der Waals surface area contributed by atoms with Gasteiger partial charge >= 0.3 is 0 Å². The van der Waals surface area contributed by atoms with Crippen molar-refractivity contribution in [3.63, 3.8) is 0 Å². The molecule has 33 heavy (non-hydrogen) atoms. The number of para-hydroxylation sites is 1. The molecule has 3 amide bonds. The van der Waals surface area contributed by atoms with Gasteiger partial charge < -0.3 is 20.9 Å². The second-order valence-corrected chi connectivity index (χ2v) is 7.89. The summed E-state index contributed by atoms with van der Waals surface area (Å²) in [6, 6.07) is 23.2. The van der Waals surface area contributed by atoms with Crippen molar-refractivity contribution in [2.45, 2.75) is 19.9 Å². The molecule has 0 aliphatic rings. The number of hydrogen-bond donors (Lipinski definition) is 3. The van der Waals surface area contributed by atoms with Crippen LogP contribution in [-0.2, 0) is 4.79 Å². The molecule has 0 fully saturated rings. The van der Waals surface area contributed by atoms with Crippen LogP contribution in [-0.4, -0.2) is 37.4 Å². The average Bonchev–Trinajstić information content (AvgIpc) is 2.82. The first-order valence-electron chi connectivity index (χ1n) is 10.7. The fraction of sp³-hybridized carbons (Fsp3) is 0.192.